The van der Waals surface area contributed by atoms with Crippen molar-refractivity contribution < 1.29 is 0 Å². The van der Waals surface area contributed by atoms with Gasteiger partial charge in [-0.25, -0.2) is 15.0 Å². The number of nitrogens with zero attached hydrogens (tertiary/aromatic N) is 4. The standard InChI is InChI=1S/C11H9N5S/c12-5-8-10(14-4-3-13-8)16-11-15-9(6-17-11)7-1-2-7/h3-4,6-7H,1-2H2,(H,14,15,16). The number of rotatable bonds is 3. The maximum Gasteiger partial charge on any atom is 0.188 e. The van der Waals surface area contributed by atoms with Gasteiger partial charge < -0.3 is 5.32 Å². The fourth-order valence-electron chi connectivity index (χ4n) is 1.52. The van der Waals surface area contributed by atoms with Gasteiger partial charge in [-0.05, 0) is 12.8 Å². The highest BCUT2D eigenvalue weighted by Crippen LogP contribution is 2.41. The van der Waals surface area contributed by atoms with Crippen LogP contribution in [0.2, 0.25) is 0 Å². The zero-order chi connectivity index (χ0) is 11.7. The van der Waals surface area contributed by atoms with Crippen LogP contribution in [0.25, 0.3) is 0 Å². The van der Waals surface area contributed by atoms with Crippen molar-refractivity contribution in [1.82, 2.24) is 15.0 Å². The number of hydrogen-bond donors (Lipinski definition) is 1. The molecule has 0 amide bonds. The first-order valence-electron chi connectivity index (χ1n) is 5.30. The lowest BCUT2D eigenvalue weighted by molar-refractivity contribution is 1.05. The summed E-state index contributed by atoms with van der Waals surface area (Å²) in [6.45, 7) is 0. The van der Waals surface area contributed by atoms with Crippen LogP contribution in [-0.2, 0) is 0 Å². The van der Waals surface area contributed by atoms with Crippen molar-refractivity contribution in [3.05, 3.63) is 29.2 Å². The summed E-state index contributed by atoms with van der Waals surface area (Å²) in [6, 6.07) is 2.00. The Bertz CT molecular complexity index is 582. The zero-order valence-electron chi connectivity index (χ0n) is 8.92. The molecule has 0 spiro atoms. The molecule has 1 aliphatic carbocycles. The summed E-state index contributed by atoms with van der Waals surface area (Å²) >= 11 is 1.53. The van der Waals surface area contributed by atoms with Crippen molar-refractivity contribution >= 4 is 22.3 Å². The van der Waals surface area contributed by atoms with E-state index in [-0.39, 0.29) is 5.69 Å². The summed E-state index contributed by atoms with van der Waals surface area (Å²) in [7, 11) is 0. The van der Waals surface area contributed by atoms with Gasteiger partial charge in [0.2, 0.25) is 0 Å². The first-order chi connectivity index (χ1) is 8.36. The Morgan fingerprint density at radius 3 is 2.94 bits per heavy atom. The van der Waals surface area contributed by atoms with E-state index < -0.39 is 0 Å². The summed E-state index contributed by atoms with van der Waals surface area (Å²) in [4.78, 5) is 12.5. The van der Waals surface area contributed by atoms with Crippen LogP contribution in [0.1, 0.15) is 30.1 Å². The number of anilines is 2. The predicted octanol–water partition coefficient (Wildman–Crippen LogP) is 2.43. The summed E-state index contributed by atoms with van der Waals surface area (Å²) in [5.74, 6) is 1.10. The van der Waals surface area contributed by atoms with Gasteiger partial charge in [0.15, 0.2) is 16.6 Å². The summed E-state index contributed by atoms with van der Waals surface area (Å²) in [5.41, 5.74) is 1.43. The minimum atomic E-state index is 0.288. The molecule has 1 N–H and O–H groups in total. The molecule has 1 fully saturated rings. The van der Waals surface area contributed by atoms with E-state index in [9.17, 15) is 0 Å². The molecule has 0 aromatic carbocycles. The largest absolute Gasteiger partial charge is 0.314 e. The van der Waals surface area contributed by atoms with Crippen LogP contribution < -0.4 is 5.32 Å². The second-order valence-electron chi connectivity index (χ2n) is 3.84. The lowest BCUT2D eigenvalue weighted by Gasteiger charge is -2.01. The number of nitriles is 1. The van der Waals surface area contributed by atoms with Gasteiger partial charge >= 0.3 is 0 Å². The molecular weight excluding hydrogens is 234 g/mol. The molecule has 0 atom stereocenters. The quantitative estimate of drug-likeness (QED) is 0.896. The average Bonchev–Trinajstić information content (AvgIpc) is 3.11. The van der Waals surface area contributed by atoms with Gasteiger partial charge in [0, 0.05) is 23.7 Å². The Labute approximate surface area is 102 Å². The van der Waals surface area contributed by atoms with E-state index in [2.05, 4.69) is 25.6 Å². The maximum atomic E-state index is 8.89. The van der Waals surface area contributed by atoms with Gasteiger partial charge in [0.05, 0.1) is 5.69 Å². The van der Waals surface area contributed by atoms with Crippen LogP contribution in [0.4, 0.5) is 10.9 Å². The number of thiazole rings is 1. The number of aromatic nitrogens is 3. The summed E-state index contributed by atoms with van der Waals surface area (Å²) < 4.78 is 0. The molecule has 5 nitrogen and oxygen atoms in total. The average molecular weight is 243 g/mol. The first kappa shape index (κ1) is 10.2. The topological polar surface area (TPSA) is 74.5 Å². The molecule has 0 aliphatic heterocycles. The molecule has 1 saturated carbocycles. The third-order valence-electron chi connectivity index (χ3n) is 2.55. The predicted molar refractivity (Wildman–Crippen MR) is 64.1 cm³/mol. The molecule has 2 aromatic rings. The molecule has 2 aromatic heterocycles. The molecule has 0 saturated heterocycles. The normalized spacial score (nSPS) is 14.3. The maximum absolute atomic E-state index is 8.89. The highest BCUT2D eigenvalue weighted by atomic mass is 32.1. The minimum Gasteiger partial charge on any atom is -0.314 e. The van der Waals surface area contributed by atoms with E-state index in [4.69, 9.17) is 5.26 Å². The molecule has 6 heteroatoms. The lowest BCUT2D eigenvalue weighted by atomic mass is 10.3. The van der Waals surface area contributed by atoms with Crippen molar-refractivity contribution in [3.8, 4) is 6.07 Å². The van der Waals surface area contributed by atoms with Gasteiger partial charge in [-0.2, -0.15) is 5.26 Å². The van der Waals surface area contributed by atoms with Crippen molar-refractivity contribution in [1.29, 1.82) is 5.26 Å². The van der Waals surface area contributed by atoms with Crippen molar-refractivity contribution in [2.45, 2.75) is 18.8 Å². The fourth-order valence-corrected chi connectivity index (χ4v) is 2.31. The minimum absolute atomic E-state index is 0.288. The van der Waals surface area contributed by atoms with Crippen LogP contribution >= 0.6 is 11.3 Å². The molecule has 1 aliphatic rings. The molecule has 17 heavy (non-hydrogen) atoms. The fraction of sp³-hybridized carbons (Fsp3) is 0.273. The van der Waals surface area contributed by atoms with E-state index >= 15 is 0 Å². The second-order valence-corrected chi connectivity index (χ2v) is 4.70. The monoisotopic (exact) mass is 243 g/mol. The summed E-state index contributed by atoms with van der Waals surface area (Å²) in [5, 5.41) is 14.8. The van der Waals surface area contributed by atoms with Crippen LogP contribution in [0, 0.1) is 11.3 Å². The third kappa shape index (κ3) is 2.10. The Hall–Kier alpha value is -2.00. The summed E-state index contributed by atoms with van der Waals surface area (Å²) in [6.07, 6.45) is 5.52. The molecular formula is C11H9N5S. The van der Waals surface area contributed by atoms with E-state index in [0.717, 1.165) is 10.8 Å². The zero-order valence-corrected chi connectivity index (χ0v) is 9.74. The van der Waals surface area contributed by atoms with Gasteiger partial charge in [-0.15, -0.1) is 11.3 Å². The van der Waals surface area contributed by atoms with Crippen LogP contribution in [-0.4, -0.2) is 15.0 Å². The van der Waals surface area contributed by atoms with Crippen molar-refractivity contribution in [3.63, 3.8) is 0 Å². The number of nitrogens with one attached hydrogen (secondary N) is 1. The van der Waals surface area contributed by atoms with E-state index in [0.29, 0.717) is 11.7 Å². The third-order valence-corrected chi connectivity index (χ3v) is 3.32. The Balaban J connectivity index is 1.83. The van der Waals surface area contributed by atoms with Crippen LogP contribution in [0.15, 0.2) is 17.8 Å². The van der Waals surface area contributed by atoms with Crippen LogP contribution in [0.5, 0.6) is 0 Å². The van der Waals surface area contributed by atoms with Crippen molar-refractivity contribution in [2.75, 3.05) is 5.32 Å². The highest BCUT2D eigenvalue weighted by molar-refractivity contribution is 7.13. The van der Waals surface area contributed by atoms with E-state index in [1.54, 1.807) is 6.20 Å². The van der Waals surface area contributed by atoms with Gasteiger partial charge in [-0.1, -0.05) is 0 Å². The number of hydrogen-bond acceptors (Lipinski definition) is 6. The molecule has 2 heterocycles. The molecule has 3 rings (SSSR count). The van der Waals surface area contributed by atoms with E-state index in [1.165, 1.54) is 30.4 Å². The smallest absolute Gasteiger partial charge is 0.188 e. The van der Waals surface area contributed by atoms with Crippen LogP contribution in [0.3, 0.4) is 0 Å². The van der Waals surface area contributed by atoms with Gasteiger partial charge in [0.1, 0.15) is 6.07 Å². The Morgan fingerprint density at radius 2 is 2.18 bits per heavy atom. The molecule has 0 bridgehead atoms. The molecule has 0 radical (unpaired) electrons. The molecule has 84 valence electrons. The van der Waals surface area contributed by atoms with Gasteiger partial charge in [-0.3, -0.25) is 0 Å². The van der Waals surface area contributed by atoms with Gasteiger partial charge in [0.25, 0.3) is 0 Å². The van der Waals surface area contributed by atoms with Crippen molar-refractivity contribution in [2.24, 2.45) is 0 Å². The second kappa shape index (κ2) is 4.11. The SMILES string of the molecule is N#Cc1nccnc1Nc1nc(C2CC2)cs1. The first-order valence-corrected chi connectivity index (χ1v) is 6.18. The molecule has 0 unspecified atom stereocenters. The Morgan fingerprint density at radius 1 is 1.35 bits per heavy atom. The lowest BCUT2D eigenvalue weighted by Crippen LogP contribution is -1.98. The Kier molecular flexibility index (Phi) is 2.46. The highest BCUT2D eigenvalue weighted by Gasteiger charge is 2.26. The van der Waals surface area contributed by atoms with E-state index in [1.807, 2.05) is 6.07 Å².